The molecule has 1 aliphatic rings. The Balaban J connectivity index is 1.16. The largest absolute Gasteiger partial charge is 0.457 e. The monoisotopic (exact) mass is 496 g/mol. The van der Waals surface area contributed by atoms with Gasteiger partial charge in [0, 0.05) is 38.1 Å². The van der Waals surface area contributed by atoms with Crippen LogP contribution in [0.5, 0.6) is 11.5 Å². The molecule has 0 unspecified atom stereocenters. The molecule has 7 nitrogen and oxygen atoms in total. The van der Waals surface area contributed by atoms with Crippen molar-refractivity contribution in [1.82, 2.24) is 20.2 Å². The van der Waals surface area contributed by atoms with E-state index in [0.29, 0.717) is 23.6 Å². The van der Waals surface area contributed by atoms with E-state index in [0.717, 1.165) is 56.3 Å². The van der Waals surface area contributed by atoms with Gasteiger partial charge in [0.25, 0.3) is 5.91 Å². The lowest BCUT2D eigenvalue weighted by Gasteiger charge is -2.26. The zero-order chi connectivity index (χ0) is 25.5. The Bertz CT molecular complexity index is 1330. The second-order valence-electron chi connectivity index (χ2n) is 9.24. The number of nitrogens with zero attached hydrogens (tertiary/aromatic N) is 2. The van der Waals surface area contributed by atoms with E-state index in [2.05, 4.69) is 63.5 Å². The first-order valence-corrected chi connectivity index (χ1v) is 12.7. The average molecular weight is 497 g/mol. The third-order valence-electron chi connectivity index (χ3n) is 6.43. The number of rotatable bonds is 9. The molecule has 1 saturated heterocycles. The SMILES string of the molecule is Cc1cccc(-c2ccc(Oc3ccnc(-c4cc(C(=O)NCCCN5CCOCC5)c[nH]4)c3)cc2)c1. The van der Waals surface area contributed by atoms with Crippen molar-refractivity contribution in [3.8, 4) is 34.0 Å². The van der Waals surface area contributed by atoms with Crippen molar-refractivity contribution in [2.45, 2.75) is 13.3 Å². The van der Waals surface area contributed by atoms with Crippen LogP contribution in [0.2, 0.25) is 0 Å². The van der Waals surface area contributed by atoms with Crippen LogP contribution >= 0.6 is 0 Å². The summed E-state index contributed by atoms with van der Waals surface area (Å²) in [5, 5.41) is 3.00. The normalized spacial score (nSPS) is 13.9. The predicted molar refractivity (Wildman–Crippen MR) is 145 cm³/mol. The average Bonchev–Trinajstić information content (AvgIpc) is 3.43. The van der Waals surface area contributed by atoms with E-state index in [1.807, 2.05) is 30.3 Å². The van der Waals surface area contributed by atoms with Crippen molar-refractivity contribution in [2.75, 3.05) is 39.4 Å². The highest BCUT2D eigenvalue weighted by molar-refractivity contribution is 5.95. The molecule has 0 saturated carbocycles. The van der Waals surface area contributed by atoms with Gasteiger partial charge in [-0.05, 0) is 55.3 Å². The standard InChI is InChI=1S/C30H32N4O3/c1-22-4-2-5-24(18-22)23-6-8-26(9-7-23)37-27-10-12-31-29(20-27)28-19-25(21-33-28)30(35)32-11-3-13-34-14-16-36-17-15-34/h2,4-10,12,18-21,33H,3,11,13-17H2,1H3,(H,32,35). The molecule has 7 heteroatoms. The number of hydrogen-bond acceptors (Lipinski definition) is 5. The highest BCUT2D eigenvalue weighted by atomic mass is 16.5. The van der Waals surface area contributed by atoms with Gasteiger partial charge >= 0.3 is 0 Å². The molecule has 4 aromatic rings. The lowest BCUT2D eigenvalue weighted by atomic mass is 10.0. The van der Waals surface area contributed by atoms with Crippen molar-refractivity contribution in [1.29, 1.82) is 0 Å². The van der Waals surface area contributed by atoms with Gasteiger partial charge < -0.3 is 19.8 Å². The lowest BCUT2D eigenvalue weighted by Crippen LogP contribution is -2.38. The predicted octanol–water partition coefficient (Wildman–Crippen LogP) is 5.30. The first kappa shape index (κ1) is 24.7. The summed E-state index contributed by atoms with van der Waals surface area (Å²) < 4.78 is 11.5. The number of nitrogens with one attached hydrogen (secondary N) is 2. The highest BCUT2D eigenvalue weighted by Crippen LogP contribution is 2.28. The molecule has 2 aromatic carbocycles. The van der Waals surface area contributed by atoms with Gasteiger partial charge in [-0.2, -0.15) is 0 Å². The molecule has 37 heavy (non-hydrogen) atoms. The topological polar surface area (TPSA) is 79.5 Å². The van der Waals surface area contributed by atoms with Crippen LogP contribution in [0.4, 0.5) is 0 Å². The zero-order valence-electron chi connectivity index (χ0n) is 21.1. The Morgan fingerprint density at radius 3 is 2.68 bits per heavy atom. The summed E-state index contributed by atoms with van der Waals surface area (Å²) in [5.41, 5.74) is 5.61. The molecular formula is C30H32N4O3. The van der Waals surface area contributed by atoms with Crippen molar-refractivity contribution < 1.29 is 14.3 Å². The van der Waals surface area contributed by atoms with Crippen molar-refractivity contribution >= 4 is 5.91 Å². The summed E-state index contributed by atoms with van der Waals surface area (Å²) in [7, 11) is 0. The number of carbonyl (C=O) groups excluding carboxylic acids is 1. The number of benzene rings is 2. The van der Waals surface area contributed by atoms with Crippen LogP contribution in [0, 0.1) is 6.92 Å². The smallest absolute Gasteiger partial charge is 0.252 e. The zero-order valence-corrected chi connectivity index (χ0v) is 21.1. The summed E-state index contributed by atoms with van der Waals surface area (Å²) in [6.45, 7) is 7.20. The molecule has 3 heterocycles. The van der Waals surface area contributed by atoms with Crippen LogP contribution < -0.4 is 10.1 Å². The number of amides is 1. The second kappa shape index (κ2) is 11.9. The molecule has 0 radical (unpaired) electrons. The Hall–Kier alpha value is -3.94. The summed E-state index contributed by atoms with van der Waals surface area (Å²) in [4.78, 5) is 22.6. The van der Waals surface area contributed by atoms with Gasteiger partial charge in [0.05, 0.1) is 30.2 Å². The van der Waals surface area contributed by atoms with E-state index in [4.69, 9.17) is 9.47 Å². The molecule has 1 fully saturated rings. The number of aromatic amines is 1. The van der Waals surface area contributed by atoms with Crippen molar-refractivity contribution in [3.05, 3.63) is 90.3 Å². The molecule has 1 amide bonds. The fraction of sp³-hybridized carbons (Fsp3) is 0.267. The van der Waals surface area contributed by atoms with E-state index in [1.165, 1.54) is 11.1 Å². The fourth-order valence-electron chi connectivity index (χ4n) is 4.40. The molecule has 0 bridgehead atoms. The minimum absolute atomic E-state index is 0.0921. The van der Waals surface area contributed by atoms with Crippen molar-refractivity contribution in [2.24, 2.45) is 0 Å². The van der Waals surface area contributed by atoms with Crippen LogP contribution in [0.3, 0.4) is 0 Å². The number of morpholine rings is 1. The fourth-order valence-corrected chi connectivity index (χ4v) is 4.40. The molecule has 5 rings (SSSR count). The maximum atomic E-state index is 12.6. The first-order chi connectivity index (χ1) is 18.1. The van der Waals surface area contributed by atoms with Gasteiger partial charge in [0.1, 0.15) is 11.5 Å². The summed E-state index contributed by atoms with van der Waals surface area (Å²) >= 11 is 0. The quantitative estimate of drug-likeness (QED) is 0.308. The van der Waals surface area contributed by atoms with Crippen LogP contribution in [-0.4, -0.2) is 60.2 Å². The summed E-state index contributed by atoms with van der Waals surface area (Å²) in [6.07, 6.45) is 4.33. The third kappa shape index (κ3) is 6.64. The molecule has 190 valence electrons. The van der Waals surface area contributed by atoms with E-state index in [1.54, 1.807) is 12.4 Å². The molecule has 0 spiro atoms. The number of aromatic nitrogens is 2. The van der Waals surface area contributed by atoms with Gasteiger partial charge in [-0.15, -0.1) is 0 Å². The van der Waals surface area contributed by atoms with Crippen LogP contribution in [0.15, 0.2) is 79.1 Å². The van der Waals surface area contributed by atoms with Gasteiger partial charge in [0.15, 0.2) is 0 Å². The number of carbonyl (C=O) groups is 1. The number of ether oxygens (including phenoxy) is 2. The Kier molecular flexibility index (Phi) is 7.93. The highest BCUT2D eigenvalue weighted by Gasteiger charge is 2.12. The second-order valence-corrected chi connectivity index (χ2v) is 9.24. The number of H-pyrrole nitrogens is 1. The lowest BCUT2D eigenvalue weighted by molar-refractivity contribution is 0.0374. The first-order valence-electron chi connectivity index (χ1n) is 12.7. The van der Waals surface area contributed by atoms with Gasteiger partial charge in [-0.1, -0.05) is 42.0 Å². The maximum absolute atomic E-state index is 12.6. The van der Waals surface area contributed by atoms with Gasteiger partial charge in [-0.3, -0.25) is 14.7 Å². The third-order valence-corrected chi connectivity index (χ3v) is 6.43. The molecule has 0 atom stereocenters. The Morgan fingerprint density at radius 2 is 1.86 bits per heavy atom. The molecule has 0 aliphatic carbocycles. The Labute approximate surface area is 217 Å². The van der Waals surface area contributed by atoms with E-state index < -0.39 is 0 Å². The number of aryl methyl sites for hydroxylation is 1. The van der Waals surface area contributed by atoms with E-state index >= 15 is 0 Å². The minimum atomic E-state index is -0.0921. The van der Waals surface area contributed by atoms with Gasteiger partial charge in [0.2, 0.25) is 0 Å². The molecular weight excluding hydrogens is 464 g/mol. The summed E-state index contributed by atoms with van der Waals surface area (Å²) in [6, 6.07) is 22.0. The van der Waals surface area contributed by atoms with Gasteiger partial charge in [-0.25, -0.2) is 0 Å². The molecule has 1 aliphatic heterocycles. The van der Waals surface area contributed by atoms with Crippen LogP contribution in [-0.2, 0) is 4.74 Å². The number of pyridine rings is 1. The van der Waals surface area contributed by atoms with Crippen molar-refractivity contribution in [3.63, 3.8) is 0 Å². The van der Waals surface area contributed by atoms with Crippen LogP contribution in [0.25, 0.3) is 22.5 Å². The van der Waals surface area contributed by atoms with Crippen LogP contribution in [0.1, 0.15) is 22.3 Å². The molecule has 2 aromatic heterocycles. The summed E-state index contributed by atoms with van der Waals surface area (Å²) in [5.74, 6) is 1.33. The Morgan fingerprint density at radius 1 is 1.03 bits per heavy atom. The number of hydrogen-bond donors (Lipinski definition) is 2. The minimum Gasteiger partial charge on any atom is -0.457 e. The van der Waals surface area contributed by atoms with E-state index in [9.17, 15) is 4.79 Å². The maximum Gasteiger partial charge on any atom is 0.252 e. The van der Waals surface area contributed by atoms with E-state index in [-0.39, 0.29) is 5.91 Å². The molecule has 2 N–H and O–H groups in total.